The molecule has 6 heteroatoms. The molecular formula is C18H25N3O2S. The standard InChI is InChI=1S/C18H25N3O2S/c1-24-14-16(22)20-11-6-18(7-12-20)5-2-10-21(17(18)23)13-15-3-8-19-9-4-15/h3-4,8-9H,2,5-7,10-14H2,1H3. The zero-order chi connectivity index (χ0) is 17.0. The third kappa shape index (κ3) is 3.58. The van der Waals surface area contributed by atoms with Crippen LogP contribution in [0.4, 0.5) is 0 Å². The van der Waals surface area contributed by atoms with Gasteiger partial charge in [-0.05, 0) is 49.6 Å². The molecule has 130 valence electrons. The Kier molecular flexibility index (Phi) is 5.43. The van der Waals surface area contributed by atoms with Crippen molar-refractivity contribution < 1.29 is 9.59 Å². The molecule has 2 amide bonds. The van der Waals surface area contributed by atoms with Gasteiger partial charge < -0.3 is 9.80 Å². The topological polar surface area (TPSA) is 53.5 Å². The molecule has 0 atom stereocenters. The number of carbonyl (C=O) groups is 2. The van der Waals surface area contributed by atoms with Gasteiger partial charge in [0.2, 0.25) is 11.8 Å². The SMILES string of the molecule is CSCC(=O)N1CCC2(CCCN(Cc3ccncc3)C2=O)CC1. The lowest BCUT2D eigenvalue weighted by Gasteiger charge is -2.46. The Morgan fingerprint density at radius 1 is 1.21 bits per heavy atom. The van der Waals surface area contributed by atoms with E-state index in [9.17, 15) is 9.59 Å². The summed E-state index contributed by atoms with van der Waals surface area (Å²) in [5, 5.41) is 0. The Labute approximate surface area is 147 Å². The van der Waals surface area contributed by atoms with E-state index in [1.165, 1.54) is 0 Å². The van der Waals surface area contributed by atoms with Crippen molar-refractivity contribution in [1.29, 1.82) is 0 Å². The summed E-state index contributed by atoms with van der Waals surface area (Å²) in [7, 11) is 0. The van der Waals surface area contributed by atoms with Gasteiger partial charge in [0, 0.05) is 38.6 Å². The third-order valence-electron chi connectivity index (χ3n) is 5.29. The molecule has 2 aliphatic heterocycles. The Morgan fingerprint density at radius 2 is 1.92 bits per heavy atom. The average Bonchev–Trinajstić information content (AvgIpc) is 2.61. The van der Waals surface area contributed by atoms with Crippen LogP contribution < -0.4 is 0 Å². The predicted octanol–water partition coefficient (Wildman–Crippen LogP) is 2.18. The van der Waals surface area contributed by atoms with Crippen LogP contribution in [0.25, 0.3) is 0 Å². The third-order valence-corrected chi connectivity index (χ3v) is 5.82. The fraction of sp³-hybridized carbons (Fsp3) is 0.611. The summed E-state index contributed by atoms with van der Waals surface area (Å²) < 4.78 is 0. The summed E-state index contributed by atoms with van der Waals surface area (Å²) in [5.74, 6) is 1.02. The molecule has 3 heterocycles. The van der Waals surface area contributed by atoms with Gasteiger partial charge >= 0.3 is 0 Å². The quantitative estimate of drug-likeness (QED) is 0.838. The van der Waals surface area contributed by atoms with Crippen molar-refractivity contribution in [2.24, 2.45) is 5.41 Å². The highest BCUT2D eigenvalue weighted by atomic mass is 32.2. The lowest BCUT2D eigenvalue weighted by Crippen LogP contribution is -2.54. The number of aromatic nitrogens is 1. The Morgan fingerprint density at radius 3 is 2.58 bits per heavy atom. The van der Waals surface area contributed by atoms with Gasteiger partial charge in [-0.3, -0.25) is 14.6 Å². The van der Waals surface area contributed by atoms with E-state index in [1.807, 2.05) is 28.2 Å². The first-order chi connectivity index (χ1) is 11.6. The van der Waals surface area contributed by atoms with Crippen LogP contribution in [0.15, 0.2) is 24.5 Å². The summed E-state index contributed by atoms with van der Waals surface area (Å²) in [6.45, 7) is 2.93. The smallest absolute Gasteiger partial charge is 0.232 e. The second kappa shape index (κ2) is 7.55. The summed E-state index contributed by atoms with van der Waals surface area (Å²) >= 11 is 1.56. The molecule has 24 heavy (non-hydrogen) atoms. The van der Waals surface area contributed by atoms with Gasteiger partial charge in [-0.25, -0.2) is 0 Å². The lowest BCUT2D eigenvalue weighted by molar-refractivity contribution is -0.152. The van der Waals surface area contributed by atoms with Gasteiger partial charge in [0.05, 0.1) is 11.2 Å². The van der Waals surface area contributed by atoms with Gasteiger partial charge in [-0.1, -0.05) is 0 Å². The van der Waals surface area contributed by atoms with E-state index in [0.717, 1.165) is 37.8 Å². The molecule has 0 unspecified atom stereocenters. The largest absolute Gasteiger partial charge is 0.342 e. The normalized spacial score (nSPS) is 20.5. The number of hydrogen-bond acceptors (Lipinski definition) is 4. The minimum Gasteiger partial charge on any atom is -0.342 e. The number of piperidine rings is 2. The van der Waals surface area contributed by atoms with Crippen LogP contribution in [-0.2, 0) is 16.1 Å². The second-order valence-electron chi connectivity index (χ2n) is 6.78. The monoisotopic (exact) mass is 347 g/mol. The van der Waals surface area contributed by atoms with Gasteiger partial charge in [-0.2, -0.15) is 11.8 Å². The van der Waals surface area contributed by atoms with Crippen LogP contribution in [0.3, 0.4) is 0 Å². The van der Waals surface area contributed by atoms with Crippen molar-refractivity contribution in [3.05, 3.63) is 30.1 Å². The summed E-state index contributed by atoms with van der Waals surface area (Å²) in [4.78, 5) is 33.1. The summed E-state index contributed by atoms with van der Waals surface area (Å²) in [6, 6.07) is 3.94. The molecular weight excluding hydrogens is 322 g/mol. The van der Waals surface area contributed by atoms with E-state index in [0.29, 0.717) is 25.4 Å². The minimum absolute atomic E-state index is 0.203. The summed E-state index contributed by atoms with van der Waals surface area (Å²) in [5.41, 5.74) is 0.879. The molecule has 2 saturated heterocycles. The maximum absolute atomic E-state index is 13.1. The molecule has 0 saturated carbocycles. The minimum atomic E-state index is -0.249. The Hall–Kier alpha value is -1.56. The maximum Gasteiger partial charge on any atom is 0.232 e. The number of hydrogen-bond donors (Lipinski definition) is 0. The molecule has 1 aromatic rings. The van der Waals surface area contributed by atoms with Gasteiger partial charge in [-0.15, -0.1) is 0 Å². The van der Waals surface area contributed by atoms with E-state index < -0.39 is 0 Å². The predicted molar refractivity (Wildman–Crippen MR) is 95.5 cm³/mol. The number of rotatable bonds is 4. The van der Waals surface area contributed by atoms with E-state index in [2.05, 4.69) is 4.98 Å². The molecule has 1 aromatic heterocycles. The molecule has 1 spiro atoms. The fourth-order valence-corrected chi connectivity index (χ4v) is 4.30. The second-order valence-corrected chi connectivity index (χ2v) is 7.65. The first-order valence-corrected chi connectivity index (χ1v) is 9.99. The van der Waals surface area contributed by atoms with Crippen LogP contribution in [-0.4, -0.2) is 58.2 Å². The molecule has 3 rings (SSSR count). The van der Waals surface area contributed by atoms with E-state index >= 15 is 0 Å². The molecule has 5 nitrogen and oxygen atoms in total. The van der Waals surface area contributed by atoms with Crippen molar-refractivity contribution in [2.45, 2.75) is 32.2 Å². The lowest BCUT2D eigenvalue weighted by atomic mass is 9.71. The number of carbonyl (C=O) groups excluding carboxylic acids is 2. The van der Waals surface area contributed by atoms with Crippen LogP contribution in [0, 0.1) is 5.41 Å². The number of pyridine rings is 1. The van der Waals surface area contributed by atoms with Crippen LogP contribution in [0.1, 0.15) is 31.2 Å². The van der Waals surface area contributed by atoms with E-state index in [1.54, 1.807) is 24.2 Å². The van der Waals surface area contributed by atoms with Crippen molar-refractivity contribution in [2.75, 3.05) is 31.6 Å². The Bertz CT molecular complexity index is 585. The number of nitrogens with zero attached hydrogens (tertiary/aromatic N) is 3. The zero-order valence-electron chi connectivity index (χ0n) is 14.2. The number of likely N-dealkylation sites (tertiary alicyclic amines) is 2. The molecule has 0 bridgehead atoms. The van der Waals surface area contributed by atoms with Crippen LogP contribution in [0.5, 0.6) is 0 Å². The highest BCUT2D eigenvalue weighted by molar-refractivity contribution is 7.99. The first-order valence-electron chi connectivity index (χ1n) is 8.60. The van der Waals surface area contributed by atoms with E-state index in [4.69, 9.17) is 0 Å². The number of thioether (sulfide) groups is 1. The molecule has 2 fully saturated rings. The fourth-order valence-electron chi connectivity index (χ4n) is 3.87. The maximum atomic E-state index is 13.1. The Balaban J connectivity index is 1.64. The number of amides is 2. The molecule has 0 N–H and O–H groups in total. The zero-order valence-corrected chi connectivity index (χ0v) is 15.1. The van der Waals surface area contributed by atoms with Crippen molar-refractivity contribution >= 4 is 23.6 Å². The summed E-state index contributed by atoms with van der Waals surface area (Å²) in [6.07, 6.45) is 9.12. The highest BCUT2D eigenvalue weighted by Gasteiger charge is 2.46. The van der Waals surface area contributed by atoms with Crippen molar-refractivity contribution in [3.8, 4) is 0 Å². The average molecular weight is 347 g/mol. The molecule has 0 radical (unpaired) electrons. The molecule has 2 aliphatic rings. The van der Waals surface area contributed by atoms with Crippen molar-refractivity contribution in [1.82, 2.24) is 14.8 Å². The molecule has 0 aromatic carbocycles. The molecule has 0 aliphatic carbocycles. The first kappa shape index (κ1) is 17.3. The van der Waals surface area contributed by atoms with E-state index in [-0.39, 0.29) is 17.2 Å². The van der Waals surface area contributed by atoms with Gasteiger partial charge in [0.25, 0.3) is 0 Å². The van der Waals surface area contributed by atoms with Crippen LogP contribution >= 0.6 is 11.8 Å². The van der Waals surface area contributed by atoms with Gasteiger partial charge in [0.1, 0.15) is 0 Å². The van der Waals surface area contributed by atoms with Crippen LogP contribution in [0.2, 0.25) is 0 Å². The van der Waals surface area contributed by atoms with Gasteiger partial charge in [0.15, 0.2) is 0 Å². The van der Waals surface area contributed by atoms with Crippen molar-refractivity contribution in [3.63, 3.8) is 0 Å². The highest BCUT2D eigenvalue weighted by Crippen LogP contribution is 2.41.